The van der Waals surface area contributed by atoms with Gasteiger partial charge in [-0.25, -0.2) is 4.79 Å². The molecule has 130 valence electrons. The summed E-state index contributed by atoms with van der Waals surface area (Å²) in [5, 5.41) is 11.3. The van der Waals surface area contributed by atoms with Gasteiger partial charge in [0.1, 0.15) is 0 Å². The first-order valence-electron chi connectivity index (χ1n) is 8.06. The molecule has 1 atom stereocenters. The third-order valence-electron chi connectivity index (χ3n) is 4.14. The van der Waals surface area contributed by atoms with Crippen molar-refractivity contribution in [2.24, 2.45) is 5.92 Å². The molecule has 1 heterocycles. The van der Waals surface area contributed by atoms with E-state index in [1.165, 1.54) is 0 Å². The molecule has 0 bridgehead atoms. The standard InChI is InChI=1S/C17H23N3O4/c1-19(14-6-3-2-4-7-14)16(23)13-9-11-20(12-13)17(24)18-10-5-8-15(21)22/h2-4,6-7,13H,5,8-12H2,1H3,(H,18,24)(H,21,22). The van der Waals surface area contributed by atoms with E-state index < -0.39 is 5.97 Å². The van der Waals surface area contributed by atoms with Crippen molar-refractivity contribution in [2.75, 3.05) is 31.6 Å². The summed E-state index contributed by atoms with van der Waals surface area (Å²) in [6, 6.07) is 9.17. The summed E-state index contributed by atoms with van der Waals surface area (Å²) in [5.74, 6) is -1.08. The zero-order valence-electron chi connectivity index (χ0n) is 13.8. The molecule has 1 unspecified atom stereocenters. The second kappa shape index (κ2) is 8.33. The van der Waals surface area contributed by atoms with Gasteiger partial charge < -0.3 is 20.2 Å². The number of likely N-dealkylation sites (tertiary alicyclic amines) is 1. The zero-order chi connectivity index (χ0) is 17.5. The number of aliphatic carboxylic acids is 1. The predicted octanol–water partition coefficient (Wildman–Crippen LogP) is 1.55. The molecule has 0 spiro atoms. The van der Waals surface area contributed by atoms with Crippen LogP contribution < -0.4 is 10.2 Å². The van der Waals surface area contributed by atoms with Crippen LogP contribution >= 0.6 is 0 Å². The maximum atomic E-state index is 12.6. The van der Waals surface area contributed by atoms with Crippen LogP contribution in [0.4, 0.5) is 10.5 Å². The number of carbonyl (C=O) groups excluding carboxylic acids is 2. The maximum absolute atomic E-state index is 12.6. The highest BCUT2D eigenvalue weighted by atomic mass is 16.4. The average molecular weight is 333 g/mol. The molecule has 7 heteroatoms. The fourth-order valence-corrected chi connectivity index (χ4v) is 2.75. The number of hydrogen-bond acceptors (Lipinski definition) is 3. The van der Waals surface area contributed by atoms with E-state index in [1.807, 2.05) is 30.3 Å². The molecule has 3 amide bonds. The van der Waals surface area contributed by atoms with Gasteiger partial charge in [-0.15, -0.1) is 0 Å². The fourth-order valence-electron chi connectivity index (χ4n) is 2.75. The number of nitrogens with one attached hydrogen (secondary N) is 1. The highest BCUT2D eigenvalue weighted by Crippen LogP contribution is 2.21. The van der Waals surface area contributed by atoms with Crippen LogP contribution in [0.1, 0.15) is 19.3 Å². The van der Waals surface area contributed by atoms with Gasteiger partial charge in [-0.2, -0.15) is 0 Å². The number of urea groups is 1. The molecule has 0 saturated carbocycles. The molecule has 2 rings (SSSR count). The Morgan fingerprint density at radius 1 is 1.29 bits per heavy atom. The van der Waals surface area contributed by atoms with Crippen LogP contribution in [-0.4, -0.2) is 54.6 Å². The number of amides is 3. The first-order chi connectivity index (χ1) is 11.5. The minimum absolute atomic E-state index is 0.00220. The Morgan fingerprint density at radius 2 is 2.00 bits per heavy atom. The van der Waals surface area contributed by atoms with Crippen molar-refractivity contribution >= 4 is 23.6 Å². The molecular formula is C17H23N3O4. The first kappa shape index (κ1) is 17.8. The van der Waals surface area contributed by atoms with Crippen molar-refractivity contribution in [2.45, 2.75) is 19.3 Å². The Labute approximate surface area is 141 Å². The Kier molecular flexibility index (Phi) is 6.17. The lowest BCUT2D eigenvalue weighted by atomic mass is 10.1. The monoisotopic (exact) mass is 333 g/mol. The molecule has 1 aromatic carbocycles. The SMILES string of the molecule is CN(C(=O)C1CCN(C(=O)NCCCC(=O)O)C1)c1ccccc1. The summed E-state index contributed by atoms with van der Waals surface area (Å²) in [6.45, 7) is 1.24. The Morgan fingerprint density at radius 3 is 2.67 bits per heavy atom. The number of hydrogen-bond donors (Lipinski definition) is 2. The number of carboxylic acids is 1. The highest BCUT2D eigenvalue weighted by molar-refractivity contribution is 5.95. The number of benzene rings is 1. The molecule has 1 aliphatic heterocycles. The van der Waals surface area contributed by atoms with E-state index in [2.05, 4.69) is 5.32 Å². The lowest BCUT2D eigenvalue weighted by molar-refractivity contribution is -0.137. The lowest BCUT2D eigenvalue weighted by Gasteiger charge is -2.22. The number of carboxylic acid groups (broad SMARTS) is 1. The van der Waals surface area contributed by atoms with E-state index >= 15 is 0 Å². The van der Waals surface area contributed by atoms with Gasteiger partial charge in [0.2, 0.25) is 5.91 Å². The largest absolute Gasteiger partial charge is 0.481 e. The second-order valence-corrected chi connectivity index (χ2v) is 5.89. The Hall–Kier alpha value is -2.57. The van der Waals surface area contributed by atoms with E-state index in [0.717, 1.165) is 5.69 Å². The van der Waals surface area contributed by atoms with Crippen molar-refractivity contribution in [3.8, 4) is 0 Å². The quantitative estimate of drug-likeness (QED) is 0.773. The van der Waals surface area contributed by atoms with E-state index in [-0.39, 0.29) is 24.3 Å². The summed E-state index contributed by atoms with van der Waals surface area (Å²) >= 11 is 0. The van der Waals surface area contributed by atoms with E-state index in [0.29, 0.717) is 32.5 Å². The van der Waals surface area contributed by atoms with E-state index in [4.69, 9.17) is 5.11 Å². The van der Waals surface area contributed by atoms with Gasteiger partial charge in [0.05, 0.1) is 5.92 Å². The lowest BCUT2D eigenvalue weighted by Crippen LogP contribution is -2.40. The van der Waals surface area contributed by atoms with Gasteiger partial charge in [0.15, 0.2) is 0 Å². The number of nitrogens with zero attached hydrogens (tertiary/aromatic N) is 2. The number of rotatable bonds is 6. The van der Waals surface area contributed by atoms with Gasteiger partial charge in [-0.1, -0.05) is 18.2 Å². The van der Waals surface area contributed by atoms with Crippen LogP contribution in [0.2, 0.25) is 0 Å². The molecule has 0 aliphatic carbocycles. The minimum atomic E-state index is -0.875. The molecule has 1 saturated heterocycles. The normalized spacial score (nSPS) is 16.7. The summed E-state index contributed by atoms with van der Waals surface area (Å²) in [7, 11) is 1.74. The molecule has 1 aromatic rings. The van der Waals surface area contributed by atoms with Gasteiger partial charge >= 0.3 is 12.0 Å². The van der Waals surface area contributed by atoms with Crippen LogP contribution in [0.15, 0.2) is 30.3 Å². The van der Waals surface area contributed by atoms with Crippen molar-refractivity contribution in [3.63, 3.8) is 0 Å². The van der Waals surface area contributed by atoms with Crippen LogP contribution in [-0.2, 0) is 9.59 Å². The Bertz CT molecular complexity index is 591. The summed E-state index contributed by atoms with van der Waals surface area (Å²) in [5.41, 5.74) is 0.832. The molecule has 0 aromatic heterocycles. The fraction of sp³-hybridized carbons (Fsp3) is 0.471. The highest BCUT2D eigenvalue weighted by Gasteiger charge is 2.32. The first-order valence-corrected chi connectivity index (χ1v) is 8.06. The molecule has 2 N–H and O–H groups in total. The minimum Gasteiger partial charge on any atom is -0.481 e. The average Bonchev–Trinajstić information content (AvgIpc) is 3.08. The third-order valence-corrected chi connectivity index (χ3v) is 4.14. The van der Waals surface area contributed by atoms with Crippen LogP contribution in [0, 0.1) is 5.92 Å². The molecule has 0 radical (unpaired) electrons. The molecule has 1 aliphatic rings. The van der Waals surface area contributed by atoms with Crippen molar-refractivity contribution in [3.05, 3.63) is 30.3 Å². The summed E-state index contributed by atoms with van der Waals surface area (Å²) in [4.78, 5) is 38.3. The molecule has 7 nitrogen and oxygen atoms in total. The van der Waals surface area contributed by atoms with Gasteiger partial charge in [-0.3, -0.25) is 9.59 Å². The van der Waals surface area contributed by atoms with Crippen molar-refractivity contribution in [1.29, 1.82) is 0 Å². The van der Waals surface area contributed by atoms with Gasteiger partial charge in [-0.05, 0) is 25.0 Å². The summed E-state index contributed by atoms with van der Waals surface area (Å²) in [6.07, 6.45) is 1.07. The van der Waals surface area contributed by atoms with E-state index in [1.54, 1.807) is 16.8 Å². The zero-order valence-corrected chi connectivity index (χ0v) is 13.8. The number of carbonyl (C=O) groups is 3. The third kappa shape index (κ3) is 4.71. The van der Waals surface area contributed by atoms with Crippen molar-refractivity contribution < 1.29 is 19.5 Å². The maximum Gasteiger partial charge on any atom is 0.317 e. The smallest absolute Gasteiger partial charge is 0.317 e. The number of anilines is 1. The van der Waals surface area contributed by atoms with Crippen molar-refractivity contribution in [1.82, 2.24) is 10.2 Å². The predicted molar refractivity (Wildman–Crippen MR) is 89.8 cm³/mol. The molecular weight excluding hydrogens is 310 g/mol. The molecule has 1 fully saturated rings. The van der Waals surface area contributed by atoms with Crippen LogP contribution in [0.5, 0.6) is 0 Å². The second-order valence-electron chi connectivity index (χ2n) is 5.89. The van der Waals surface area contributed by atoms with Gasteiger partial charge in [0.25, 0.3) is 0 Å². The van der Waals surface area contributed by atoms with Crippen LogP contribution in [0.25, 0.3) is 0 Å². The Balaban J connectivity index is 1.80. The summed E-state index contributed by atoms with van der Waals surface area (Å²) < 4.78 is 0. The van der Waals surface area contributed by atoms with Crippen LogP contribution in [0.3, 0.4) is 0 Å². The topological polar surface area (TPSA) is 90.0 Å². The number of para-hydroxylation sites is 1. The molecule has 24 heavy (non-hydrogen) atoms. The van der Waals surface area contributed by atoms with Gasteiger partial charge in [0, 0.05) is 38.8 Å². The van der Waals surface area contributed by atoms with E-state index in [9.17, 15) is 14.4 Å².